The van der Waals surface area contributed by atoms with E-state index in [0.717, 1.165) is 49.2 Å². The molecule has 0 aromatic heterocycles. The van der Waals surface area contributed by atoms with Gasteiger partial charge in [-0.05, 0) is 67.0 Å². The number of nitrogens with one attached hydrogen (secondary N) is 1. The number of benzene rings is 1. The van der Waals surface area contributed by atoms with Crippen LogP contribution in [0.2, 0.25) is 0 Å². The van der Waals surface area contributed by atoms with E-state index >= 15 is 0 Å². The number of ether oxygens (including phenoxy) is 1. The molecule has 2 rings (SSSR count). The second kappa shape index (κ2) is 12.3. The molecule has 0 unspecified atom stereocenters. The van der Waals surface area contributed by atoms with Crippen LogP contribution in [0.4, 0.5) is 0 Å². The van der Waals surface area contributed by atoms with Crippen molar-refractivity contribution in [3.63, 3.8) is 0 Å². The van der Waals surface area contributed by atoms with Gasteiger partial charge in [-0.3, -0.25) is 14.5 Å². The minimum Gasteiger partial charge on any atom is -0.492 e. The highest BCUT2D eigenvalue weighted by atomic mass is 79.9. The Hall–Kier alpha value is -1.64. The highest BCUT2D eigenvalue weighted by molar-refractivity contribution is 9.10. The molecule has 167 valence electrons. The predicted molar refractivity (Wildman–Crippen MR) is 122 cm³/mol. The average Bonchev–Trinajstić information content (AvgIpc) is 3.11. The number of nitrogens with zero attached hydrogens (tertiary/aromatic N) is 2. The summed E-state index contributed by atoms with van der Waals surface area (Å²) in [6.45, 7) is 5.99. The Morgan fingerprint density at radius 3 is 2.87 bits per heavy atom. The van der Waals surface area contributed by atoms with Gasteiger partial charge in [0.25, 0.3) is 0 Å². The van der Waals surface area contributed by atoms with Gasteiger partial charge in [0.15, 0.2) is 0 Å². The maximum atomic E-state index is 12.1. The van der Waals surface area contributed by atoms with Gasteiger partial charge in [0.2, 0.25) is 11.8 Å². The summed E-state index contributed by atoms with van der Waals surface area (Å²) >= 11 is 3.61. The van der Waals surface area contributed by atoms with Crippen LogP contribution in [0.3, 0.4) is 0 Å². The summed E-state index contributed by atoms with van der Waals surface area (Å²) in [5.74, 6) is 0.0229. The third kappa shape index (κ3) is 8.62. The number of carbonyl (C=O) groups is 2. The van der Waals surface area contributed by atoms with Crippen LogP contribution in [0, 0.1) is 12.3 Å². The quantitative estimate of drug-likeness (QED) is 0.446. The number of halogens is 1. The van der Waals surface area contributed by atoms with E-state index in [4.69, 9.17) is 10.5 Å². The lowest BCUT2D eigenvalue weighted by atomic mass is 10.0. The van der Waals surface area contributed by atoms with Gasteiger partial charge in [-0.25, -0.2) is 0 Å². The first-order valence-electron chi connectivity index (χ1n) is 10.5. The van der Waals surface area contributed by atoms with Crippen molar-refractivity contribution in [2.24, 2.45) is 11.7 Å². The van der Waals surface area contributed by atoms with E-state index in [1.807, 2.05) is 6.07 Å². The largest absolute Gasteiger partial charge is 0.492 e. The number of rotatable bonds is 12. The maximum Gasteiger partial charge on any atom is 0.224 e. The van der Waals surface area contributed by atoms with Crippen molar-refractivity contribution in [3.05, 3.63) is 34.7 Å². The van der Waals surface area contributed by atoms with Gasteiger partial charge in [-0.2, -0.15) is 0 Å². The Labute approximate surface area is 188 Å². The minimum atomic E-state index is -0.387. The standard InChI is InChI=1S/C22H34BrN4O3/c1-16(22(24)29)5-8-21(28)25-18-9-11-27(15-18)14-17-6-7-20(19(23)13-17)30-12-4-10-26(2)3/h6-8,13,16,18H,4-5,9-12,14-15H2,1-3H3,(H2,24,29)(H,25,28)/t16-,18-/m0/s1. The number of likely N-dealkylation sites (tertiary alicyclic amines) is 1. The molecule has 7 nitrogen and oxygen atoms in total. The molecular weight excluding hydrogens is 448 g/mol. The summed E-state index contributed by atoms with van der Waals surface area (Å²) in [5.41, 5.74) is 6.43. The van der Waals surface area contributed by atoms with Crippen molar-refractivity contribution < 1.29 is 14.3 Å². The highest BCUT2D eigenvalue weighted by Crippen LogP contribution is 2.27. The van der Waals surface area contributed by atoms with E-state index < -0.39 is 0 Å². The molecule has 8 heteroatoms. The summed E-state index contributed by atoms with van der Waals surface area (Å²) in [7, 11) is 4.11. The third-order valence-corrected chi connectivity index (χ3v) is 5.79. The Balaban J connectivity index is 1.73. The van der Waals surface area contributed by atoms with Crippen LogP contribution in [0.1, 0.15) is 31.7 Å². The molecule has 0 saturated carbocycles. The molecule has 0 aliphatic carbocycles. The van der Waals surface area contributed by atoms with Gasteiger partial charge >= 0.3 is 0 Å². The maximum absolute atomic E-state index is 12.1. The van der Waals surface area contributed by atoms with Crippen molar-refractivity contribution in [2.75, 3.05) is 40.3 Å². The Morgan fingerprint density at radius 1 is 1.43 bits per heavy atom. The zero-order valence-corrected chi connectivity index (χ0v) is 19.8. The lowest BCUT2D eigenvalue weighted by Crippen LogP contribution is -2.37. The minimum absolute atomic E-state index is 0.125. The predicted octanol–water partition coefficient (Wildman–Crippen LogP) is 2.19. The Morgan fingerprint density at radius 2 is 2.20 bits per heavy atom. The molecule has 1 saturated heterocycles. The van der Waals surface area contributed by atoms with Crippen molar-refractivity contribution in [3.8, 4) is 5.75 Å². The monoisotopic (exact) mass is 481 g/mol. The third-order valence-electron chi connectivity index (χ3n) is 5.17. The highest BCUT2D eigenvalue weighted by Gasteiger charge is 2.24. The second-order valence-corrected chi connectivity index (χ2v) is 9.10. The Kier molecular flexibility index (Phi) is 10.1. The molecule has 0 spiro atoms. The molecule has 1 aromatic carbocycles. The van der Waals surface area contributed by atoms with Gasteiger partial charge in [0.05, 0.1) is 17.5 Å². The molecule has 1 heterocycles. The van der Waals surface area contributed by atoms with Crippen LogP contribution >= 0.6 is 15.9 Å². The van der Waals surface area contributed by atoms with E-state index in [1.54, 1.807) is 6.92 Å². The summed E-state index contributed by atoms with van der Waals surface area (Å²) < 4.78 is 6.83. The normalized spacial score (nSPS) is 17.8. The first-order valence-corrected chi connectivity index (χ1v) is 11.2. The fraction of sp³-hybridized carbons (Fsp3) is 0.591. The van der Waals surface area contributed by atoms with Crippen molar-refractivity contribution in [2.45, 2.75) is 38.8 Å². The van der Waals surface area contributed by atoms with Crippen LogP contribution < -0.4 is 15.8 Å². The van der Waals surface area contributed by atoms with Crippen LogP contribution in [0.25, 0.3) is 0 Å². The Bertz CT molecular complexity index is 714. The van der Waals surface area contributed by atoms with E-state index in [2.05, 4.69) is 57.3 Å². The molecule has 1 radical (unpaired) electrons. The molecule has 2 atom stereocenters. The molecule has 1 aromatic rings. The first-order chi connectivity index (χ1) is 14.2. The van der Waals surface area contributed by atoms with E-state index in [-0.39, 0.29) is 23.8 Å². The summed E-state index contributed by atoms with van der Waals surface area (Å²) in [6.07, 6.45) is 3.79. The van der Waals surface area contributed by atoms with Crippen molar-refractivity contribution in [1.82, 2.24) is 15.1 Å². The zero-order valence-electron chi connectivity index (χ0n) is 18.2. The molecule has 3 N–H and O–H groups in total. The summed E-state index contributed by atoms with van der Waals surface area (Å²) in [5, 5.41) is 3.02. The van der Waals surface area contributed by atoms with Gasteiger partial charge in [-0.1, -0.05) is 13.0 Å². The van der Waals surface area contributed by atoms with Gasteiger partial charge < -0.3 is 20.7 Å². The van der Waals surface area contributed by atoms with Crippen molar-refractivity contribution >= 4 is 27.7 Å². The molecule has 30 heavy (non-hydrogen) atoms. The molecule has 1 aliphatic heterocycles. The molecule has 1 fully saturated rings. The van der Waals surface area contributed by atoms with Crippen LogP contribution in [-0.4, -0.2) is 68.0 Å². The number of carbonyl (C=O) groups excluding carboxylic acids is 2. The second-order valence-electron chi connectivity index (χ2n) is 8.24. The number of hydrogen-bond acceptors (Lipinski definition) is 5. The molecule has 0 bridgehead atoms. The molecule has 1 aliphatic rings. The van der Waals surface area contributed by atoms with Crippen LogP contribution in [-0.2, 0) is 16.1 Å². The average molecular weight is 482 g/mol. The fourth-order valence-electron chi connectivity index (χ4n) is 3.34. The lowest BCUT2D eigenvalue weighted by molar-refractivity contribution is -0.121. The van der Waals surface area contributed by atoms with Crippen LogP contribution in [0.5, 0.6) is 5.75 Å². The number of amides is 2. The van der Waals surface area contributed by atoms with E-state index in [1.165, 1.54) is 12.0 Å². The lowest BCUT2D eigenvalue weighted by Gasteiger charge is -2.18. The topological polar surface area (TPSA) is 87.9 Å². The van der Waals surface area contributed by atoms with Gasteiger partial charge in [0, 0.05) is 38.1 Å². The smallest absolute Gasteiger partial charge is 0.224 e. The summed E-state index contributed by atoms with van der Waals surface area (Å²) in [6, 6.07) is 6.34. The number of nitrogens with two attached hydrogens (primary N) is 1. The van der Waals surface area contributed by atoms with Crippen LogP contribution in [0.15, 0.2) is 22.7 Å². The van der Waals surface area contributed by atoms with Gasteiger partial charge in [0.1, 0.15) is 5.75 Å². The number of hydrogen-bond donors (Lipinski definition) is 2. The first kappa shape index (κ1) is 24.6. The molecule has 2 amide bonds. The SMILES string of the molecule is C[C@@H](C[CH]C(=O)N[C@H]1CCN(Cc2ccc(OCCCN(C)C)c(Br)c2)C1)C(N)=O. The van der Waals surface area contributed by atoms with Crippen molar-refractivity contribution in [1.29, 1.82) is 0 Å². The van der Waals surface area contributed by atoms with E-state index in [0.29, 0.717) is 13.0 Å². The fourth-order valence-corrected chi connectivity index (χ4v) is 3.88. The van der Waals surface area contributed by atoms with Gasteiger partial charge in [-0.15, -0.1) is 0 Å². The summed E-state index contributed by atoms with van der Waals surface area (Å²) in [4.78, 5) is 27.6. The van der Waals surface area contributed by atoms with E-state index in [9.17, 15) is 9.59 Å². The molecular formula is C22H34BrN4O3. The number of primary amides is 1. The zero-order chi connectivity index (χ0) is 22.1.